The first-order valence-electron chi connectivity index (χ1n) is 9.85. The molecule has 3 nitrogen and oxygen atoms in total. The molecule has 0 bridgehead atoms. The first-order valence-corrected chi connectivity index (χ1v) is 9.85. The Bertz CT molecular complexity index is 793. The van der Waals surface area contributed by atoms with Crippen LogP contribution in [-0.4, -0.2) is 19.2 Å². The van der Waals surface area contributed by atoms with Crippen LogP contribution in [0.1, 0.15) is 49.8 Å². The summed E-state index contributed by atoms with van der Waals surface area (Å²) in [5.41, 5.74) is 5.22. The van der Waals surface area contributed by atoms with Gasteiger partial charge in [0, 0.05) is 0 Å². The normalized spacial score (nSPS) is 13.6. The van der Waals surface area contributed by atoms with Gasteiger partial charge in [-0.15, -0.1) is 0 Å². The number of allylic oxidation sites excluding steroid dienone is 1. The predicted molar refractivity (Wildman–Crippen MR) is 110 cm³/mol. The molecule has 2 aromatic rings. The van der Waals surface area contributed by atoms with Crippen molar-refractivity contribution in [1.29, 1.82) is 0 Å². The van der Waals surface area contributed by atoms with Gasteiger partial charge in [0.15, 0.2) is 0 Å². The molecule has 0 saturated carbocycles. The third-order valence-corrected chi connectivity index (χ3v) is 5.04. The molecule has 0 saturated heterocycles. The number of carbonyl (C=O) groups is 1. The standard InChI is InChI=1S/C24H28O3/c1-3-18(2)24(25)27-14-8-7-13-26-23-12-11-20-15-21(16-22(20)17-23)19-9-5-4-6-10-19/h4-6,9-12,15,17-18H,3,7-8,13-14,16H2,1-2H3. The molecule has 2 aromatic carbocycles. The number of carbonyl (C=O) groups excluding carboxylic acids is 1. The molecule has 0 aliphatic heterocycles. The van der Waals surface area contributed by atoms with Crippen LogP contribution in [0.5, 0.6) is 5.75 Å². The average molecular weight is 364 g/mol. The fraction of sp³-hybridized carbons (Fsp3) is 0.375. The van der Waals surface area contributed by atoms with Crippen molar-refractivity contribution in [3.05, 3.63) is 65.2 Å². The molecule has 1 aliphatic carbocycles. The minimum atomic E-state index is -0.0984. The van der Waals surface area contributed by atoms with Gasteiger partial charge in [0.05, 0.1) is 19.1 Å². The van der Waals surface area contributed by atoms with Crippen LogP contribution in [0.2, 0.25) is 0 Å². The summed E-state index contributed by atoms with van der Waals surface area (Å²) in [5.74, 6) is 0.800. The van der Waals surface area contributed by atoms with Gasteiger partial charge < -0.3 is 9.47 Å². The molecule has 27 heavy (non-hydrogen) atoms. The Balaban J connectivity index is 1.41. The van der Waals surface area contributed by atoms with Crippen molar-refractivity contribution >= 4 is 17.6 Å². The molecular weight excluding hydrogens is 336 g/mol. The van der Waals surface area contributed by atoms with Crippen molar-refractivity contribution in [2.75, 3.05) is 13.2 Å². The summed E-state index contributed by atoms with van der Waals surface area (Å²) in [5, 5.41) is 0. The van der Waals surface area contributed by atoms with Crippen molar-refractivity contribution in [3.8, 4) is 5.75 Å². The molecule has 0 radical (unpaired) electrons. The third-order valence-electron chi connectivity index (χ3n) is 5.04. The van der Waals surface area contributed by atoms with Gasteiger partial charge in [0.2, 0.25) is 0 Å². The Morgan fingerprint density at radius 2 is 1.85 bits per heavy atom. The number of unbranched alkanes of at least 4 members (excludes halogenated alkanes) is 1. The van der Waals surface area contributed by atoms with Crippen LogP contribution >= 0.6 is 0 Å². The highest BCUT2D eigenvalue weighted by molar-refractivity contribution is 5.88. The first-order chi connectivity index (χ1) is 13.2. The lowest BCUT2D eigenvalue weighted by atomic mass is 10.0. The van der Waals surface area contributed by atoms with Crippen LogP contribution < -0.4 is 4.74 Å². The van der Waals surface area contributed by atoms with E-state index in [1.165, 1.54) is 22.3 Å². The summed E-state index contributed by atoms with van der Waals surface area (Å²) in [6.07, 6.45) is 5.73. The van der Waals surface area contributed by atoms with Gasteiger partial charge in [-0.25, -0.2) is 0 Å². The monoisotopic (exact) mass is 364 g/mol. The van der Waals surface area contributed by atoms with Gasteiger partial charge in [-0.1, -0.05) is 56.3 Å². The van der Waals surface area contributed by atoms with Gasteiger partial charge in [-0.05, 0) is 60.1 Å². The van der Waals surface area contributed by atoms with E-state index < -0.39 is 0 Å². The number of fused-ring (bicyclic) bond motifs is 1. The number of benzene rings is 2. The smallest absolute Gasteiger partial charge is 0.308 e. The van der Waals surface area contributed by atoms with Crippen molar-refractivity contribution < 1.29 is 14.3 Å². The summed E-state index contributed by atoms with van der Waals surface area (Å²) >= 11 is 0. The van der Waals surface area contributed by atoms with Crippen LogP contribution in [-0.2, 0) is 16.0 Å². The number of esters is 1. The molecule has 3 heteroatoms. The molecule has 3 rings (SSSR count). The van der Waals surface area contributed by atoms with Gasteiger partial charge >= 0.3 is 5.97 Å². The number of ether oxygens (including phenoxy) is 2. The molecule has 0 spiro atoms. The van der Waals surface area contributed by atoms with Crippen LogP contribution in [0.4, 0.5) is 0 Å². The zero-order valence-electron chi connectivity index (χ0n) is 16.2. The fourth-order valence-corrected chi connectivity index (χ4v) is 3.12. The van der Waals surface area contributed by atoms with Gasteiger partial charge in [-0.2, -0.15) is 0 Å². The second kappa shape index (κ2) is 9.40. The highest BCUT2D eigenvalue weighted by Gasteiger charge is 2.15. The second-order valence-electron chi connectivity index (χ2n) is 7.11. The minimum Gasteiger partial charge on any atom is -0.494 e. The molecular formula is C24H28O3. The van der Waals surface area contributed by atoms with E-state index in [0.29, 0.717) is 13.2 Å². The van der Waals surface area contributed by atoms with Crippen molar-refractivity contribution in [3.63, 3.8) is 0 Å². The largest absolute Gasteiger partial charge is 0.494 e. The molecule has 0 N–H and O–H groups in total. The molecule has 142 valence electrons. The quantitative estimate of drug-likeness (QED) is 0.433. The summed E-state index contributed by atoms with van der Waals surface area (Å²) in [6, 6.07) is 16.8. The van der Waals surface area contributed by atoms with E-state index in [4.69, 9.17) is 9.47 Å². The molecule has 0 aromatic heterocycles. The van der Waals surface area contributed by atoms with E-state index in [2.05, 4.69) is 42.5 Å². The summed E-state index contributed by atoms with van der Waals surface area (Å²) in [6.45, 7) is 5.01. The third kappa shape index (κ3) is 5.22. The predicted octanol–water partition coefficient (Wildman–Crippen LogP) is 5.53. The number of hydrogen-bond donors (Lipinski definition) is 0. The summed E-state index contributed by atoms with van der Waals surface area (Å²) < 4.78 is 11.1. The van der Waals surface area contributed by atoms with Crippen LogP contribution in [0.3, 0.4) is 0 Å². The van der Waals surface area contributed by atoms with Gasteiger partial charge in [0.25, 0.3) is 0 Å². The first kappa shape index (κ1) is 19.2. The molecule has 1 unspecified atom stereocenters. The van der Waals surface area contributed by atoms with Gasteiger partial charge in [0.1, 0.15) is 5.75 Å². The lowest BCUT2D eigenvalue weighted by Crippen LogP contribution is -2.14. The minimum absolute atomic E-state index is 0.0120. The second-order valence-corrected chi connectivity index (χ2v) is 7.11. The zero-order valence-corrected chi connectivity index (χ0v) is 16.2. The van der Waals surface area contributed by atoms with Gasteiger partial charge in [-0.3, -0.25) is 4.79 Å². The Hall–Kier alpha value is -2.55. The molecule has 0 fully saturated rings. The molecule has 0 heterocycles. The highest BCUT2D eigenvalue weighted by Crippen LogP contribution is 2.33. The maximum absolute atomic E-state index is 11.6. The van der Waals surface area contributed by atoms with Crippen molar-refractivity contribution in [2.24, 2.45) is 5.92 Å². The Morgan fingerprint density at radius 3 is 2.63 bits per heavy atom. The van der Waals surface area contributed by atoms with Crippen molar-refractivity contribution in [1.82, 2.24) is 0 Å². The molecule has 1 aliphatic rings. The Labute approximate surface area is 162 Å². The van der Waals surface area contributed by atoms with E-state index in [9.17, 15) is 4.79 Å². The fourth-order valence-electron chi connectivity index (χ4n) is 3.12. The maximum atomic E-state index is 11.6. The van der Waals surface area contributed by atoms with E-state index in [1.54, 1.807) is 0 Å². The van der Waals surface area contributed by atoms with Crippen LogP contribution in [0, 0.1) is 5.92 Å². The Morgan fingerprint density at radius 1 is 1.07 bits per heavy atom. The van der Waals surface area contributed by atoms with E-state index in [0.717, 1.165) is 31.4 Å². The lowest BCUT2D eigenvalue weighted by molar-refractivity contribution is -0.148. The number of rotatable bonds is 9. The summed E-state index contributed by atoms with van der Waals surface area (Å²) in [4.78, 5) is 11.6. The van der Waals surface area contributed by atoms with E-state index in [1.807, 2.05) is 26.0 Å². The van der Waals surface area contributed by atoms with E-state index in [-0.39, 0.29) is 11.9 Å². The average Bonchev–Trinajstić information content (AvgIpc) is 3.13. The topological polar surface area (TPSA) is 35.5 Å². The van der Waals surface area contributed by atoms with Crippen molar-refractivity contribution in [2.45, 2.75) is 39.5 Å². The Kier molecular flexibility index (Phi) is 6.69. The molecule has 0 amide bonds. The van der Waals surface area contributed by atoms with Crippen LogP contribution in [0.25, 0.3) is 11.6 Å². The maximum Gasteiger partial charge on any atom is 0.308 e. The summed E-state index contributed by atoms with van der Waals surface area (Å²) in [7, 11) is 0. The number of hydrogen-bond acceptors (Lipinski definition) is 3. The molecule has 1 atom stereocenters. The van der Waals surface area contributed by atoms with E-state index >= 15 is 0 Å². The lowest BCUT2D eigenvalue weighted by Gasteiger charge is -2.10. The van der Waals surface area contributed by atoms with Crippen LogP contribution in [0.15, 0.2) is 48.5 Å². The zero-order chi connectivity index (χ0) is 19.1. The SMILES string of the molecule is CCC(C)C(=O)OCCCCOc1ccc2c(c1)CC(c1ccccc1)=C2. The highest BCUT2D eigenvalue weighted by atomic mass is 16.5.